The molecule has 0 radical (unpaired) electrons. The third-order valence-electron chi connectivity index (χ3n) is 2.66. The van der Waals surface area contributed by atoms with Crippen LogP contribution in [0.3, 0.4) is 0 Å². The monoisotopic (exact) mass is 325 g/mol. The first-order chi connectivity index (χ1) is 8.99. The fraction of sp³-hybridized carbons (Fsp3) is 0.0714. The van der Waals surface area contributed by atoms with Crippen LogP contribution >= 0.6 is 15.9 Å². The molecule has 98 valence electrons. The Kier molecular flexibility index (Phi) is 3.95. The molecule has 0 aromatic heterocycles. The molecule has 0 unspecified atom stereocenters. The highest BCUT2D eigenvalue weighted by atomic mass is 79.9. The number of carbonyl (C=O) groups is 1. The Balaban J connectivity index is 2.33. The van der Waals surface area contributed by atoms with Gasteiger partial charge in [0, 0.05) is 17.2 Å². The van der Waals surface area contributed by atoms with E-state index in [0.717, 1.165) is 0 Å². The van der Waals surface area contributed by atoms with Gasteiger partial charge < -0.3 is 4.90 Å². The van der Waals surface area contributed by atoms with Gasteiger partial charge in [0.15, 0.2) is 0 Å². The van der Waals surface area contributed by atoms with Crippen molar-refractivity contribution in [2.24, 2.45) is 0 Å². The molecule has 0 aliphatic heterocycles. The van der Waals surface area contributed by atoms with Crippen molar-refractivity contribution in [3.05, 3.63) is 64.1 Å². The Hall–Kier alpha value is -1.75. The number of carbonyl (C=O) groups excluding carboxylic acids is 1. The van der Waals surface area contributed by atoms with Gasteiger partial charge in [-0.1, -0.05) is 6.07 Å². The zero-order valence-electron chi connectivity index (χ0n) is 10.0. The van der Waals surface area contributed by atoms with Gasteiger partial charge in [-0.05, 0) is 52.3 Å². The van der Waals surface area contributed by atoms with Crippen LogP contribution in [-0.4, -0.2) is 13.0 Å². The van der Waals surface area contributed by atoms with Crippen molar-refractivity contribution in [1.29, 1.82) is 0 Å². The number of hydrogen-bond donors (Lipinski definition) is 0. The van der Waals surface area contributed by atoms with Gasteiger partial charge in [0.25, 0.3) is 5.91 Å². The molecule has 2 nitrogen and oxygen atoms in total. The van der Waals surface area contributed by atoms with E-state index < -0.39 is 11.6 Å². The molecule has 0 fully saturated rings. The number of amides is 1. The molecule has 0 bridgehead atoms. The van der Waals surface area contributed by atoms with E-state index in [0.29, 0.717) is 15.7 Å². The number of nitrogens with zero attached hydrogens (tertiary/aromatic N) is 1. The lowest BCUT2D eigenvalue weighted by molar-refractivity contribution is 0.0992. The molecule has 0 aliphatic rings. The lowest BCUT2D eigenvalue weighted by atomic mass is 10.2. The minimum Gasteiger partial charge on any atom is -0.311 e. The number of benzene rings is 2. The van der Waals surface area contributed by atoms with Crippen LogP contribution in [0.25, 0.3) is 0 Å². The minimum absolute atomic E-state index is 0.313. The molecule has 0 spiro atoms. The fourth-order valence-corrected chi connectivity index (χ4v) is 2.17. The summed E-state index contributed by atoms with van der Waals surface area (Å²) >= 11 is 3.14. The summed E-state index contributed by atoms with van der Waals surface area (Å²) in [5, 5.41) is 0. The minimum atomic E-state index is -0.433. The number of rotatable bonds is 2. The van der Waals surface area contributed by atoms with Crippen LogP contribution in [0.4, 0.5) is 14.5 Å². The molecule has 0 saturated carbocycles. The summed E-state index contributed by atoms with van der Waals surface area (Å²) in [6, 6.07) is 9.51. The highest BCUT2D eigenvalue weighted by Gasteiger charge is 2.17. The van der Waals surface area contributed by atoms with Gasteiger partial charge in [0.05, 0.1) is 5.56 Å². The quantitative estimate of drug-likeness (QED) is 0.817. The molecular weight excluding hydrogens is 316 g/mol. The highest BCUT2D eigenvalue weighted by Crippen LogP contribution is 2.22. The largest absolute Gasteiger partial charge is 0.311 e. The van der Waals surface area contributed by atoms with Crippen LogP contribution < -0.4 is 4.90 Å². The molecule has 19 heavy (non-hydrogen) atoms. The molecule has 2 aromatic carbocycles. The maximum atomic E-state index is 13.1. The smallest absolute Gasteiger partial charge is 0.259 e. The van der Waals surface area contributed by atoms with E-state index in [1.54, 1.807) is 6.07 Å². The first-order valence-electron chi connectivity index (χ1n) is 5.47. The van der Waals surface area contributed by atoms with Crippen LogP contribution in [0.1, 0.15) is 10.4 Å². The van der Waals surface area contributed by atoms with Gasteiger partial charge in [-0.2, -0.15) is 0 Å². The zero-order valence-corrected chi connectivity index (χ0v) is 11.6. The van der Waals surface area contributed by atoms with E-state index in [1.165, 1.54) is 48.3 Å². The number of anilines is 1. The van der Waals surface area contributed by atoms with Crippen molar-refractivity contribution in [3.8, 4) is 0 Å². The van der Waals surface area contributed by atoms with Crippen molar-refractivity contribution in [2.75, 3.05) is 11.9 Å². The van der Waals surface area contributed by atoms with Crippen LogP contribution in [-0.2, 0) is 0 Å². The van der Waals surface area contributed by atoms with E-state index in [4.69, 9.17) is 0 Å². The summed E-state index contributed by atoms with van der Waals surface area (Å²) in [6.45, 7) is 0. The molecule has 2 aromatic rings. The van der Waals surface area contributed by atoms with E-state index in [-0.39, 0.29) is 5.91 Å². The Morgan fingerprint density at radius 2 is 1.79 bits per heavy atom. The molecule has 1 amide bonds. The van der Waals surface area contributed by atoms with Gasteiger partial charge in [-0.15, -0.1) is 0 Å². The average molecular weight is 326 g/mol. The molecular formula is C14H10BrF2NO. The first-order valence-corrected chi connectivity index (χ1v) is 6.27. The molecule has 5 heteroatoms. The van der Waals surface area contributed by atoms with E-state index in [1.807, 2.05) is 0 Å². The van der Waals surface area contributed by atoms with Crippen molar-refractivity contribution in [1.82, 2.24) is 0 Å². The van der Waals surface area contributed by atoms with Crippen molar-refractivity contribution >= 4 is 27.5 Å². The molecule has 0 saturated heterocycles. The summed E-state index contributed by atoms with van der Waals surface area (Å²) in [5.41, 5.74) is 0.745. The maximum absolute atomic E-state index is 13.1. The van der Waals surface area contributed by atoms with Gasteiger partial charge in [-0.25, -0.2) is 8.78 Å². The summed E-state index contributed by atoms with van der Waals surface area (Å²) in [6.07, 6.45) is 0. The molecule has 0 atom stereocenters. The predicted molar refractivity (Wildman–Crippen MR) is 73.2 cm³/mol. The van der Waals surface area contributed by atoms with Gasteiger partial charge >= 0.3 is 0 Å². The predicted octanol–water partition coefficient (Wildman–Crippen LogP) is 4.00. The molecule has 0 N–H and O–H groups in total. The Bertz CT molecular complexity index is 631. The Morgan fingerprint density at radius 3 is 2.42 bits per heavy atom. The lowest BCUT2D eigenvalue weighted by Crippen LogP contribution is -2.26. The molecule has 0 aliphatic carbocycles. The zero-order chi connectivity index (χ0) is 14.0. The number of halogens is 3. The highest BCUT2D eigenvalue weighted by molar-refractivity contribution is 9.10. The van der Waals surface area contributed by atoms with E-state index >= 15 is 0 Å². The summed E-state index contributed by atoms with van der Waals surface area (Å²) < 4.78 is 26.5. The van der Waals surface area contributed by atoms with E-state index in [9.17, 15) is 13.6 Å². The summed E-state index contributed by atoms with van der Waals surface area (Å²) in [5.74, 6) is -1.20. The summed E-state index contributed by atoms with van der Waals surface area (Å²) in [4.78, 5) is 13.5. The van der Waals surface area contributed by atoms with Crippen LogP contribution in [0.5, 0.6) is 0 Å². The van der Waals surface area contributed by atoms with Crippen LogP contribution in [0.2, 0.25) is 0 Å². The second kappa shape index (κ2) is 5.48. The lowest BCUT2D eigenvalue weighted by Gasteiger charge is -2.18. The molecule has 2 rings (SSSR count). The maximum Gasteiger partial charge on any atom is 0.259 e. The fourth-order valence-electron chi connectivity index (χ4n) is 1.65. The second-order valence-corrected chi connectivity index (χ2v) is 4.82. The third kappa shape index (κ3) is 2.98. The summed E-state index contributed by atoms with van der Waals surface area (Å²) in [7, 11) is 1.53. The first kappa shape index (κ1) is 13.7. The Labute approximate surface area is 117 Å². The van der Waals surface area contributed by atoms with Crippen LogP contribution in [0.15, 0.2) is 46.9 Å². The van der Waals surface area contributed by atoms with Crippen LogP contribution in [0, 0.1) is 11.6 Å². The standard InChI is InChI=1S/C14H10BrF2NO/c1-18(11-4-2-3-9(16)7-11)14(19)12-6-5-10(17)8-13(12)15/h2-8H,1H3. The number of hydrogen-bond acceptors (Lipinski definition) is 1. The van der Waals surface area contributed by atoms with E-state index in [2.05, 4.69) is 15.9 Å². The topological polar surface area (TPSA) is 20.3 Å². The third-order valence-corrected chi connectivity index (χ3v) is 3.32. The molecule has 0 heterocycles. The van der Waals surface area contributed by atoms with Gasteiger partial charge in [-0.3, -0.25) is 4.79 Å². The average Bonchev–Trinajstić information content (AvgIpc) is 2.37. The Morgan fingerprint density at radius 1 is 1.11 bits per heavy atom. The van der Waals surface area contributed by atoms with Crippen molar-refractivity contribution < 1.29 is 13.6 Å². The second-order valence-electron chi connectivity index (χ2n) is 3.97. The van der Waals surface area contributed by atoms with Gasteiger partial charge in [0.1, 0.15) is 11.6 Å². The van der Waals surface area contributed by atoms with Gasteiger partial charge in [0.2, 0.25) is 0 Å². The SMILES string of the molecule is CN(C(=O)c1ccc(F)cc1Br)c1cccc(F)c1. The van der Waals surface area contributed by atoms with Crippen molar-refractivity contribution in [2.45, 2.75) is 0 Å². The normalized spacial score (nSPS) is 10.3. The van der Waals surface area contributed by atoms with Crippen molar-refractivity contribution in [3.63, 3.8) is 0 Å².